The molecule has 0 aromatic carbocycles. The van der Waals surface area contributed by atoms with E-state index in [0.29, 0.717) is 6.42 Å². The van der Waals surface area contributed by atoms with Gasteiger partial charge in [-0.1, -0.05) is 6.92 Å². The molecule has 2 atom stereocenters. The molecular formula is C11H15NO2S. The number of hydrogen-bond acceptors (Lipinski definition) is 4. The van der Waals surface area contributed by atoms with E-state index in [1.807, 2.05) is 5.38 Å². The standard InChI is InChI=1S/C11H15NO2S/c1-2-10-8(3-5-14-10)9(13)7-11-12-4-6-15-11/h4,6,8,10H,2-3,5,7H2,1H3. The molecule has 0 saturated carbocycles. The van der Waals surface area contributed by atoms with Gasteiger partial charge in [0.2, 0.25) is 0 Å². The molecule has 0 aliphatic carbocycles. The predicted molar refractivity (Wildman–Crippen MR) is 59.0 cm³/mol. The Morgan fingerprint density at radius 3 is 3.27 bits per heavy atom. The fourth-order valence-electron chi connectivity index (χ4n) is 2.04. The van der Waals surface area contributed by atoms with Crippen LogP contribution >= 0.6 is 11.3 Å². The molecule has 1 fully saturated rings. The van der Waals surface area contributed by atoms with Crippen LogP contribution in [0.15, 0.2) is 11.6 Å². The van der Waals surface area contributed by atoms with Gasteiger partial charge in [-0.15, -0.1) is 11.3 Å². The molecular weight excluding hydrogens is 210 g/mol. The average molecular weight is 225 g/mol. The van der Waals surface area contributed by atoms with Gasteiger partial charge in [0.1, 0.15) is 5.78 Å². The van der Waals surface area contributed by atoms with Gasteiger partial charge in [-0.2, -0.15) is 0 Å². The van der Waals surface area contributed by atoms with Crippen molar-refractivity contribution in [3.8, 4) is 0 Å². The van der Waals surface area contributed by atoms with E-state index in [1.54, 1.807) is 17.5 Å². The Bertz CT molecular complexity index is 323. The van der Waals surface area contributed by atoms with Crippen molar-refractivity contribution in [3.63, 3.8) is 0 Å². The molecule has 0 spiro atoms. The Balaban J connectivity index is 1.96. The van der Waals surface area contributed by atoms with Crippen LogP contribution < -0.4 is 0 Å². The highest BCUT2D eigenvalue weighted by Crippen LogP contribution is 2.25. The molecule has 0 radical (unpaired) electrons. The normalized spacial score (nSPS) is 25.7. The Kier molecular flexibility index (Phi) is 3.49. The zero-order valence-electron chi connectivity index (χ0n) is 8.81. The van der Waals surface area contributed by atoms with Crippen molar-refractivity contribution < 1.29 is 9.53 Å². The molecule has 1 aromatic heterocycles. The number of aromatic nitrogens is 1. The summed E-state index contributed by atoms with van der Waals surface area (Å²) < 4.78 is 5.52. The second kappa shape index (κ2) is 4.86. The van der Waals surface area contributed by atoms with Crippen molar-refractivity contribution in [2.75, 3.05) is 6.61 Å². The van der Waals surface area contributed by atoms with Gasteiger partial charge in [0.05, 0.1) is 17.5 Å². The number of carbonyl (C=O) groups is 1. The molecule has 0 N–H and O–H groups in total. The molecule has 2 unspecified atom stereocenters. The summed E-state index contributed by atoms with van der Waals surface area (Å²) in [6.07, 6.45) is 4.16. The maximum atomic E-state index is 12.0. The van der Waals surface area contributed by atoms with Gasteiger partial charge in [0, 0.05) is 24.1 Å². The molecule has 0 amide bonds. The van der Waals surface area contributed by atoms with Crippen LogP contribution in [0.5, 0.6) is 0 Å². The largest absolute Gasteiger partial charge is 0.377 e. The number of hydrogen-bond donors (Lipinski definition) is 0. The van der Waals surface area contributed by atoms with Crippen LogP contribution in [-0.4, -0.2) is 23.5 Å². The van der Waals surface area contributed by atoms with E-state index in [0.717, 1.165) is 24.5 Å². The van der Waals surface area contributed by atoms with Crippen LogP contribution in [0.2, 0.25) is 0 Å². The zero-order valence-corrected chi connectivity index (χ0v) is 9.63. The second-order valence-electron chi connectivity index (χ2n) is 3.78. The maximum Gasteiger partial charge on any atom is 0.145 e. The molecule has 82 valence electrons. The minimum Gasteiger partial charge on any atom is -0.377 e. The molecule has 4 heteroatoms. The lowest BCUT2D eigenvalue weighted by atomic mass is 9.93. The van der Waals surface area contributed by atoms with Crippen molar-refractivity contribution in [1.29, 1.82) is 0 Å². The number of ether oxygens (including phenoxy) is 1. The molecule has 1 aliphatic rings. The summed E-state index contributed by atoms with van der Waals surface area (Å²) in [4.78, 5) is 16.1. The molecule has 1 saturated heterocycles. The smallest absolute Gasteiger partial charge is 0.145 e. The summed E-state index contributed by atoms with van der Waals surface area (Å²) in [5, 5.41) is 2.83. The van der Waals surface area contributed by atoms with E-state index < -0.39 is 0 Å². The minimum atomic E-state index is 0.0962. The molecule has 1 aromatic rings. The summed E-state index contributed by atoms with van der Waals surface area (Å²) in [5.74, 6) is 0.383. The lowest BCUT2D eigenvalue weighted by Crippen LogP contribution is -2.25. The monoisotopic (exact) mass is 225 g/mol. The Morgan fingerprint density at radius 2 is 2.60 bits per heavy atom. The third kappa shape index (κ3) is 2.44. The molecule has 1 aliphatic heterocycles. The van der Waals surface area contributed by atoms with Crippen LogP contribution in [0, 0.1) is 5.92 Å². The Hall–Kier alpha value is -0.740. The van der Waals surface area contributed by atoms with Crippen LogP contribution in [-0.2, 0) is 16.0 Å². The highest BCUT2D eigenvalue weighted by atomic mass is 32.1. The van der Waals surface area contributed by atoms with Gasteiger partial charge in [-0.3, -0.25) is 4.79 Å². The molecule has 3 nitrogen and oxygen atoms in total. The van der Waals surface area contributed by atoms with Gasteiger partial charge in [-0.05, 0) is 12.8 Å². The van der Waals surface area contributed by atoms with E-state index in [1.165, 1.54) is 0 Å². The second-order valence-corrected chi connectivity index (χ2v) is 4.76. The fraction of sp³-hybridized carbons (Fsp3) is 0.636. The van der Waals surface area contributed by atoms with E-state index >= 15 is 0 Å². The summed E-state index contributed by atoms with van der Waals surface area (Å²) >= 11 is 1.55. The van der Waals surface area contributed by atoms with Crippen molar-refractivity contribution in [3.05, 3.63) is 16.6 Å². The van der Waals surface area contributed by atoms with E-state index in [2.05, 4.69) is 11.9 Å². The average Bonchev–Trinajstić information content (AvgIpc) is 2.86. The van der Waals surface area contributed by atoms with Crippen molar-refractivity contribution in [2.24, 2.45) is 5.92 Å². The van der Waals surface area contributed by atoms with E-state index in [-0.39, 0.29) is 17.8 Å². The van der Waals surface area contributed by atoms with Crippen LogP contribution in [0.1, 0.15) is 24.8 Å². The molecule has 2 rings (SSSR count). The summed E-state index contributed by atoms with van der Waals surface area (Å²) in [5.41, 5.74) is 0. The lowest BCUT2D eigenvalue weighted by Gasteiger charge is -2.14. The SMILES string of the molecule is CCC1OCCC1C(=O)Cc1nccs1. The zero-order chi connectivity index (χ0) is 10.7. The molecule has 0 bridgehead atoms. The quantitative estimate of drug-likeness (QED) is 0.787. The first kappa shape index (κ1) is 10.8. The first-order valence-corrected chi connectivity index (χ1v) is 6.22. The molecule has 15 heavy (non-hydrogen) atoms. The number of thiazole rings is 1. The number of nitrogens with zero attached hydrogens (tertiary/aromatic N) is 1. The third-order valence-electron chi connectivity index (χ3n) is 2.83. The highest BCUT2D eigenvalue weighted by Gasteiger charge is 2.32. The lowest BCUT2D eigenvalue weighted by molar-refractivity contribution is -0.123. The van der Waals surface area contributed by atoms with E-state index in [9.17, 15) is 4.79 Å². The summed E-state index contributed by atoms with van der Waals surface area (Å²) in [6.45, 7) is 2.80. The first-order chi connectivity index (χ1) is 7.31. The summed E-state index contributed by atoms with van der Waals surface area (Å²) in [6, 6.07) is 0. The topological polar surface area (TPSA) is 39.2 Å². The Morgan fingerprint density at radius 1 is 1.73 bits per heavy atom. The highest BCUT2D eigenvalue weighted by molar-refractivity contribution is 7.09. The van der Waals surface area contributed by atoms with Crippen molar-refractivity contribution in [1.82, 2.24) is 4.98 Å². The fourth-order valence-corrected chi connectivity index (χ4v) is 2.67. The number of carbonyl (C=O) groups excluding carboxylic acids is 1. The Labute approximate surface area is 93.5 Å². The van der Waals surface area contributed by atoms with Crippen LogP contribution in [0.3, 0.4) is 0 Å². The predicted octanol–water partition coefficient (Wildman–Crippen LogP) is 2.07. The van der Waals surface area contributed by atoms with E-state index in [4.69, 9.17) is 4.74 Å². The molecule has 2 heterocycles. The van der Waals surface area contributed by atoms with Gasteiger partial charge in [-0.25, -0.2) is 4.98 Å². The van der Waals surface area contributed by atoms with Crippen molar-refractivity contribution >= 4 is 17.1 Å². The van der Waals surface area contributed by atoms with Gasteiger partial charge >= 0.3 is 0 Å². The van der Waals surface area contributed by atoms with Gasteiger partial charge in [0.15, 0.2) is 0 Å². The van der Waals surface area contributed by atoms with Crippen LogP contribution in [0.25, 0.3) is 0 Å². The number of ketones is 1. The number of rotatable bonds is 4. The first-order valence-electron chi connectivity index (χ1n) is 5.34. The van der Waals surface area contributed by atoms with Gasteiger partial charge in [0.25, 0.3) is 0 Å². The van der Waals surface area contributed by atoms with Gasteiger partial charge < -0.3 is 4.74 Å². The van der Waals surface area contributed by atoms with Crippen LogP contribution in [0.4, 0.5) is 0 Å². The minimum absolute atomic E-state index is 0.0962. The number of Topliss-reactive ketones (excluding diaryl/α,β-unsaturated/α-hetero) is 1. The third-order valence-corrected chi connectivity index (χ3v) is 3.61. The van der Waals surface area contributed by atoms with Crippen molar-refractivity contribution in [2.45, 2.75) is 32.3 Å². The summed E-state index contributed by atoms with van der Waals surface area (Å²) in [7, 11) is 0. The maximum absolute atomic E-state index is 12.0.